The van der Waals surface area contributed by atoms with Crippen LogP contribution in [0.25, 0.3) is 16.9 Å². The van der Waals surface area contributed by atoms with Crippen molar-refractivity contribution >= 4 is 29.4 Å². The molecule has 7 nitrogen and oxygen atoms in total. The summed E-state index contributed by atoms with van der Waals surface area (Å²) in [5.41, 5.74) is 2.80. The molecular weight excluding hydrogens is 546 g/mol. The second kappa shape index (κ2) is 11.8. The van der Waals surface area contributed by atoms with Crippen LogP contribution in [0.1, 0.15) is 29.2 Å². The van der Waals surface area contributed by atoms with E-state index < -0.39 is 16.9 Å². The van der Waals surface area contributed by atoms with Crippen LogP contribution in [0, 0.1) is 11.6 Å². The zero-order chi connectivity index (χ0) is 28.3. The monoisotopic (exact) mass is 574 g/mol. The molecule has 2 atom stereocenters. The number of nitrogens with zero attached hydrogens (tertiary/aromatic N) is 3. The van der Waals surface area contributed by atoms with Gasteiger partial charge < -0.3 is 10.1 Å². The molecular formula is C31H28F2N4O3S. The van der Waals surface area contributed by atoms with Gasteiger partial charge in [-0.1, -0.05) is 54.6 Å². The number of amides is 2. The molecule has 2 aliphatic heterocycles. The van der Waals surface area contributed by atoms with Crippen LogP contribution in [0.3, 0.4) is 0 Å². The fraction of sp³-hybridized carbons (Fsp3) is 0.258. The molecule has 3 heterocycles. The SMILES string of the molecule is O=C(CN1C(=O)CS[C@@H](c2ccc(F)cc2F)c2c(-c3ccccc3)nn(-c3ccccc3)c21)NC[C@@H]1CCCO1. The number of anilines is 1. The number of hydrogen-bond acceptors (Lipinski definition) is 5. The van der Waals surface area contributed by atoms with Crippen molar-refractivity contribution in [2.24, 2.45) is 0 Å². The minimum Gasteiger partial charge on any atom is -0.376 e. The Morgan fingerprint density at radius 2 is 1.80 bits per heavy atom. The smallest absolute Gasteiger partial charge is 0.240 e. The number of ether oxygens (including phenoxy) is 1. The van der Waals surface area contributed by atoms with Crippen molar-refractivity contribution in [3.63, 3.8) is 0 Å². The second-order valence-electron chi connectivity index (χ2n) is 9.98. The highest BCUT2D eigenvalue weighted by Gasteiger charge is 2.38. The third-order valence-corrected chi connectivity index (χ3v) is 8.47. The Labute approximate surface area is 240 Å². The van der Waals surface area contributed by atoms with Gasteiger partial charge in [0.25, 0.3) is 0 Å². The van der Waals surface area contributed by atoms with Crippen LogP contribution in [0.4, 0.5) is 14.6 Å². The van der Waals surface area contributed by atoms with Crippen molar-refractivity contribution in [1.82, 2.24) is 15.1 Å². The summed E-state index contributed by atoms with van der Waals surface area (Å²) in [6.45, 7) is 0.787. The van der Waals surface area contributed by atoms with Gasteiger partial charge in [0, 0.05) is 35.9 Å². The normalized spacial score (nSPS) is 18.7. The van der Waals surface area contributed by atoms with E-state index in [1.165, 1.54) is 28.8 Å². The minimum absolute atomic E-state index is 0.0157. The molecule has 0 aliphatic carbocycles. The summed E-state index contributed by atoms with van der Waals surface area (Å²) >= 11 is 1.23. The second-order valence-corrected chi connectivity index (χ2v) is 11.1. The number of fused-ring (bicyclic) bond motifs is 1. The third kappa shape index (κ3) is 5.62. The van der Waals surface area contributed by atoms with Gasteiger partial charge in [-0.05, 0) is 31.0 Å². The van der Waals surface area contributed by atoms with Crippen LogP contribution in [0.5, 0.6) is 0 Å². The molecule has 1 fully saturated rings. The van der Waals surface area contributed by atoms with Crippen LogP contribution in [0.15, 0.2) is 78.9 Å². The van der Waals surface area contributed by atoms with Crippen molar-refractivity contribution < 1.29 is 23.1 Å². The molecule has 0 unspecified atom stereocenters. The maximum Gasteiger partial charge on any atom is 0.240 e. The topological polar surface area (TPSA) is 76.5 Å². The molecule has 0 spiro atoms. The number of carbonyl (C=O) groups excluding carboxylic acids is 2. The first-order chi connectivity index (χ1) is 20.0. The summed E-state index contributed by atoms with van der Waals surface area (Å²) in [4.78, 5) is 28.4. The highest BCUT2D eigenvalue weighted by Crippen LogP contribution is 2.49. The van der Waals surface area contributed by atoms with Crippen molar-refractivity contribution in [3.05, 3.63) is 102 Å². The summed E-state index contributed by atoms with van der Waals surface area (Å²) in [5.74, 6) is -1.68. The van der Waals surface area contributed by atoms with E-state index in [0.717, 1.165) is 24.5 Å². The van der Waals surface area contributed by atoms with Crippen molar-refractivity contribution in [3.8, 4) is 16.9 Å². The van der Waals surface area contributed by atoms with E-state index >= 15 is 4.39 Å². The Kier molecular flexibility index (Phi) is 7.84. The first kappa shape index (κ1) is 27.2. The number of thioether (sulfide) groups is 1. The molecule has 1 aromatic heterocycles. The number of aromatic nitrogens is 2. The first-order valence-electron chi connectivity index (χ1n) is 13.5. The number of benzene rings is 3. The zero-order valence-corrected chi connectivity index (χ0v) is 22.9. The number of hydrogen-bond donors (Lipinski definition) is 1. The zero-order valence-electron chi connectivity index (χ0n) is 22.1. The summed E-state index contributed by atoms with van der Waals surface area (Å²) < 4.78 is 36.5. The fourth-order valence-electron chi connectivity index (χ4n) is 5.27. The predicted molar refractivity (Wildman–Crippen MR) is 154 cm³/mol. The van der Waals surface area contributed by atoms with Crippen LogP contribution >= 0.6 is 11.8 Å². The van der Waals surface area contributed by atoms with Gasteiger partial charge >= 0.3 is 0 Å². The maximum absolute atomic E-state index is 15.3. The van der Waals surface area contributed by atoms with E-state index in [0.29, 0.717) is 35.9 Å². The number of rotatable bonds is 7. The Bertz CT molecular complexity index is 1560. The average molecular weight is 575 g/mol. The largest absolute Gasteiger partial charge is 0.376 e. The van der Waals surface area contributed by atoms with E-state index in [1.54, 1.807) is 4.68 Å². The van der Waals surface area contributed by atoms with E-state index in [2.05, 4.69) is 5.32 Å². The maximum atomic E-state index is 15.3. The highest BCUT2D eigenvalue weighted by atomic mass is 32.2. The average Bonchev–Trinajstić information content (AvgIpc) is 3.62. The van der Waals surface area contributed by atoms with Gasteiger partial charge in [-0.3, -0.25) is 14.5 Å². The Hall–Kier alpha value is -4.02. The molecule has 2 aliphatic rings. The minimum atomic E-state index is -0.713. The molecule has 1 saturated heterocycles. The lowest BCUT2D eigenvalue weighted by molar-refractivity contribution is -0.123. The van der Waals surface area contributed by atoms with Gasteiger partial charge in [0.05, 0.1) is 28.5 Å². The molecule has 0 bridgehead atoms. The molecule has 2 amide bonds. The quantitative estimate of drug-likeness (QED) is 0.325. The predicted octanol–water partition coefficient (Wildman–Crippen LogP) is 5.28. The third-order valence-electron chi connectivity index (χ3n) is 7.23. The molecule has 1 N–H and O–H groups in total. The van der Waals surface area contributed by atoms with Crippen molar-refractivity contribution in [2.45, 2.75) is 24.2 Å². The van der Waals surface area contributed by atoms with Gasteiger partial charge in [-0.15, -0.1) is 11.8 Å². The first-order valence-corrected chi connectivity index (χ1v) is 14.5. The number of halogens is 2. The lowest BCUT2D eigenvalue weighted by Crippen LogP contribution is -2.44. The molecule has 0 radical (unpaired) electrons. The van der Waals surface area contributed by atoms with E-state index in [4.69, 9.17) is 9.84 Å². The number of carbonyl (C=O) groups is 2. The van der Waals surface area contributed by atoms with E-state index in [9.17, 15) is 14.0 Å². The summed E-state index contributed by atoms with van der Waals surface area (Å²) in [7, 11) is 0. The van der Waals surface area contributed by atoms with E-state index in [1.807, 2.05) is 60.7 Å². The van der Waals surface area contributed by atoms with Crippen LogP contribution in [-0.4, -0.2) is 53.1 Å². The van der Waals surface area contributed by atoms with E-state index in [-0.39, 0.29) is 35.8 Å². The Morgan fingerprint density at radius 3 is 2.51 bits per heavy atom. The standard InChI is InChI=1S/C31H28F2N4O3S/c32-21-13-14-24(25(33)16-21)30-28-29(20-8-3-1-4-9-20)35-37(22-10-5-2-6-11-22)31(28)36(27(39)19-41-30)18-26(38)34-17-23-12-7-15-40-23/h1-6,8-11,13-14,16,23,30H,7,12,15,17-19H2,(H,34,38)/t23-,30-/m0/s1. The Morgan fingerprint density at radius 1 is 1.05 bits per heavy atom. The summed E-state index contributed by atoms with van der Waals surface area (Å²) in [6.07, 6.45) is 1.77. The van der Waals surface area contributed by atoms with Crippen LogP contribution in [-0.2, 0) is 14.3 Å². The van der Waals surface area contributed by atoms with Gasteiger partial charge in [0.1, 0.15) is 24.0 Å². The lowest BCUT2D eigenvalue weighted by atomic mass is 9.99. The van der Waals surface area contributed by atoms with Crippen molar-refractivity contribution in [1.29, 1.82) is 0 Å². The summed E-state index contributed by atoms with van der Waals surface area (Å²) in [5, 5.41) is 7.17. The van der Waals surface area contributed by atoms with Crippen LogP contribution in [0.2, 0.25) is 0 Å². The molecule has 41 heavy (non-hydrogen) atoms. The molecule has 10 heteroatoms. The van der Waals surface area contributed by atoms with Crippen LogP contribution < -0.4 is 10.2 Å². The van der Waals surface area contributed by atoms with Gasteiger partial charge in [-0.25, -0.2) is 13.5 Å². The van der Waals surface area contributed by atoms with Crippen molar-refractivity contribution in [2.75, 3.05) is 30.3 Å². The Balaban J connectivity index is 1.52. The highest BCUT2D eigenvalue weighted by molar-refractivity contribution is 8.00. The van der Waals surface area contributed by atoms with Gasteiger partial charge in [0.2, 0.25) is 11.8 Å². The number of nitrogens with one attached hydrogen (secondary N) is 1. The summed E-state index contributed by atoms with van der Waals surface area (Å²) in [6, 6.07) is 22.2. The molecule has 4 aromatic rings. The lowest BCUT2D eigenvalue weighted by Gasteiger charge is -2.23. The number of para-hydroxylation sites is 1. The fourth-order valence-corrected chi connectivity index (χ4v) is 6.49. The van der Waals surface area contributed by atoms with Gasteiger partial charge in [0.15, 0.2) is 0 Å². The molecule has 3 aromatic carbocycles. The molecule has 6 rings (SSSR count). The molecule has 0 saturated carbocycles. The molecule has 210 valence electrons. The van der Waals surface area contributed by atoms with Gasteiger partial charge in [-0.2, -0.15) is 5.10 Å².